The van der Waals surface area contributed by atoms with Crippen LogP contribution in [0.5, 0.6) is 0 Å². The van der Waals surface area contributed by atoms with Gasteiger partial charge in [0.05, 0.1) is 23.6 Å². The average Bonchev–Trinajstić information content (AvgIpc) is 3.55. The third-order valence-electron chi connectivity index (χ3n) is 5.71. The van der Waals surface area contributed by atoms with Gasteiger partial charge in [-0.25, -0.2) is 14.5 Å². The van der Waals surface area contributed by atoms with Crippen LogP contribution < -0.4 is 5.32 Å². The van der Waals surface area contributed by atoms with Gasteiger partial charge in [-0.1, -0.05) is 30.4 Å². The lowest BCUT2D eigenvalue weighted by Crippen LogP contribution is -2.45. The SMILES string of the molecule is Cc1cccc(-c2[nH]c(CNC34C=CC=CC3=CN=C4)nc2-c2ccc3ncnn3c2)n1. The molecule has 0 bridgehead atoms. The minimum atomic E-state index is -0.400. The Labute approximate surface area is 184 Å². The lowest BCUT2D eigenvalue weighted by atomic mass is 9.89. The van der Waals surface area contributed by atoms with Crippen LogP contribution in [-0.4, -0.2) is 41.3 Å². The van der Waals surface area contributed by atoms with E-state index in [-0.39, 0.29) is 0 Å². The van der Waals surface area contributed by atoms with Crippen molar-refractivity contribution in [3.63, 3.8) is 0 Å². The fourth-order valence-electron chi connectivity index (χ4n) is 4.08. The molecule has 1 atom stereocenters. The van der Waals surface area contributed by atoms with E-state index < -0.39 is 5.54 Å². The fraction of sp³-hybridized carbons (Fsp3) is 0.125. The van der Waals surface area contributed by atoms with Crippen molar-refractivity contribution in [3.8, 4) is 22.6 Å². The molecule has 0 fully saturated rings. The molecule has 0 spiro atoms. The van der Waals surface area contributed by atoms with Gasteiger partial charge in [-0.05, 0) is 36.8 Å². The zero-order valence-corrected chi connectivity index (χ0v) is 17.4. The van der Waals surface area contributed by atoms with Gasteiger partial charge < -0.3 is 4.98 Å². The number of pyridine rings is 2. The van der Waals surface area contributed by atoms with Crippen molar-refractivity contribution < 1.29 is 0 Å². The summed E-state index contributed by atoms with van der Waals surface area (Å²) in [7, 11) is 0. The molecular formula is C24H20N8. The van der Waals surface area contributed by atoms with E-state index >= 15 is 0 Å². The molecule has 0 aromatic carbocycles. The molecule has 2 aliphatic rings. The van der Waals surface area contributed by atoms with Crippen LogP contribution >= 0.6 is 0 Å². The van der Waals surface area contributed by atoms with Crippen LogP contribution in [0.3, 0.4) is 0 Å². The summed E-state index contributed by atoms with van der Waals surface area (Å²) in [6.45, 7) is 2.52. The minimum Gasteiger partial charge on any atom is -0.339 e. The predicted octanol–water partition coefficient (Wildman–Crippen LogP) is 3.41. The van der Waals surface area contributed by atoms with Gasteiger partial charge >= 0.3 is 0 Å². The van der Waals surface area contributed by atoms with Crippen molar-refractivity contribution >= 4 is 11.9 Å². The second kappa shape index (κ2) is 7.21. The molecule has 0 saturated carbocycles. The smallest absolute Gasteiger partial charge is 0.155 e. The molecule has 5 heterocycles. The van der Waals surface area contributed by atoms with Crippen molar-refractivity contribution in [2.24, 2.45) is 4.99 Å². The number of nitrogens with zero attached hydrogens (tertiary/aromatic N) is 6. The number of aromatic nitrogens is 6. The zero-order valence-electron chi connectivity index (χ0n) is 17.4. The zero-order chi connectivity index (χ0) is 21.5. The van der Waals surface area contributed by atoms with E-state index in [1.165, 1.54) is 0 Å². The lowest BCUT2D eigenvalue weighted by molar-refractivity contribution is 0.581. The normalized spacial score (nSPS) is 19.0. The quantitative estimate of drug-likeness (QED) is 0.516. The molecule has 6 rings (SSSR count). The molecule has 4 aromatic rings. The summed E-state index contributed by atoms with van der Waals surface area (Å²) in [5.74, 6) is 0.814. The number of aliphatic imine (C=N–C) groups is 1. The summed E-state index contributed by atoms with van der Waals surface area (Å²) in [6.07, 6.45) is 15.5. The van der Waals surface area contributed by atoms with Gasteiger partial charge in [0.2, 0.25) is 0 Å². The molecule has 0 amide bonds. The number of hydrogen-bond donors (Lipinski definition) is 2. The number of H-pyrrole nitrogens is 1. The highest BCUT2D eigenvalue weighted by atomic mass is 15.3. The second-order valence-corrected chi connectivity index (χ2v) is 7.86. The Kier molecular flexibility index (Phi) is 4.19. The largest absolute Gasteiger partial charge is 0.339 e. The molecule has 1 aliphatic heterocycles. The number of rotatable bonds is 5. The third-order valence-corrected chi connectivity index (χ3v) is 5.71. The van der Waals surface area contributed by atoms with Crippen molar-refractivity contribution in [2.75, 3.05) is 0 Å². The number of hydrogen-bond acceptors (Lipinski definition) is 6. The monoisotopic (exact) mass is 420 g/mol. The molecule has 156 valence electrons. The Morgan fingerprint density at radius 2 is 2.09 bits per heavy atom. The van der Waals surface area contributed by atoms with Crippen LogP contribution in [0, 0.1) is 6.92 Å². The number of imidazole rings is 1. The first kappa shape index (κ1) is 18.6. The fourth-order valence-corrected chi connectivity index (χ4v) is 4.08. The molecule has 0 saturated heterocycles. The Balaban J connectivity index is 1.40. The standard InChI is InChI=1S/C24H20N8/c1-16-5-4-7-19(29-16)23-22(17-8-9-21-26-15-28-32(21)13-17)30-20(31-23)12-27-24-10-3-2-6-18(24)11-25-14-24/h2-11,13-15,27H,12H2,1H3,(H,30,31). The Hall–Kier alpha value is -4.17. The second-order valence-electron chi connectivity index (χ2n) is 7.86. The van der Waals surface area contributed by atoms with E-state index in [0.29, 0.717) is 6.54 Å². The van der Waals surface area contributed by atoms with Gasteiger partial charge in [0.25, 0.3) is 0 Å². The number of fused-ring (bicyclic) bond motifs is 2. The summed E-state index contributed by atoms with van der Waals surface area (Å²) in [4.78, 5) is 21.8. The van der Waals surface area contributed by atoms with Gasteiger partial charge in [-0.2, -0.15) is 5.10 Å². The highest BCUT2D eigenvalue weighted by molar-refractivity contribution is 5.85. The third kappa shape index (κ3) is 3.09. The first-order valence-electron chi connectivity index (χ1n) is 10.4. The summed E-state index contributed by atoms with van der Waals surface area (Å²) >= 11 is 0. The first-order valence-corrected chi connectivity index (χ1v) is 10.4. The molecule has 0 radical (unpaired) electrons. The molecule has 32 heavy (non-hydrogen) atoms. The highest BCUT2D eigenvalue weighted by Gasteiger charge is 2.32. The van der Waals surface area contributed by atoms with E-state index in [2.05, 4.69) is 37.5 Å². The van der Waals surface area contributed by atoms with Crippen LogP contribution in [0.1, 0.15) is 11.5 Å². The first-order chi connectivity index (χ1) is 15.7. The maximum absolute atomic E-state index is 4.95. The van der Waals surface area contributed by atoms with Crippen molar-refractivity contribution in [1.29, 1.82) is 0 Å². The van der Waals surface area contributed by atoms with Gasteiger partial charge in [-0.15, -0.1) is 0 Å². The summed E-state index contributed by atoms with van der Waals surface area (Å²) in [6, 6.07) is 9.93. The maximum Gasteiger partial charge on any atom is 0.155 e. The van der Waals surface area contributed by atoms with Crippen molar-refractivity contribution in [3.05, 3.63) is 90.5 Å². The van der Waals surface area contributed by atoms with Crippen LogP contribution in [0.4, 0.5) is 0 Å². The van der Waals surface area contributed by atoms with Crippen molar-refractivity contribution in [1.82, 2.24) is 34.9 Å². The van der Waals surface area contributed by atoms with Gasteiger partial charge in [0, 0.05) is 29.9 Å². The molecule has 1 aliphatic carbocycles. The molecule has 2 N–H and O–H groups in total. The maximum atomic E-state index is 4.95. The van der Waals surface area contributed by atoms with Gasteiger partial charge in [-0.3, -0.25) is 15.3 Å². The Morgan fingerprint density at radius 1 is 1.12 bits per heavy atom. The number of nitrogens with one attached hydrogen (secondary N) is 2. The topological polar surface area (TPSA) is 96.2 Å². The average molecular weight is 420 g/mol. The number of aryl methyl sites for hydroxylation is 1. The van der Waals surface area contributed by atoms with E-state index in [1.54, 1.807) is 10.8 Å². The number of aromatic amines is 1. The molecule has 4 aromatic heterocycles. The van der Waals surface area contributed by atoms with Gasteiger partial charge in [0.1, 0.15) is 17.7 Å². The number of allylic oxidation sites excluding steroid dienone is 2. The van der Waals surface area contributed by atoms with Crippen LogP contribution in [0.15, 0.2) is 83.9 Å². The van der Waals surface area contributed by atoms with E-state index in [4.69, 9.17) is 9.97 Å². The van der Waals surface area contributed by atoms with Gasteiger partial charge in [0.15, 0.2) is 5.65 Å². The Morgan fingerprint density at radius 3 is 3.03 bits per heavy atom. The lowest BCUT2D eigenvalue weighted by Gasteiger charge is -2.27. The van der Waals surface area contributed by atoms with E-state index in [9.17, 15) is 0 Å². The summed E-state index contributed by atoms with van der Waals surface area (Å²) in [5, 5.41) is 7.86. The molecule has 1 unspecified atom stereocenters. The van der Waals surface area contributed by atoms with Crippen LogP contribution in [-0.2, 0) is 6.54 Å². The molecule has 8 nitrogen and oxygen atoms in total. The molecule has 8 heteroatoms. The van der Waals surface area contributed by atoms with Crippen LogP contribution in [0.25, 0.3) is 28.3 Å². The minimum absolute atomic E-state index is 0.400. The van der Waals surface area contributed by atoms with E-state index in [0.717, 1.165) is 45.4 Å². The predicted molar refractivity (Wildman–Crippen MR) is 123 cm³/mol. The molecular weight excluding hydrogens is 400 g/mol. The highest BCUT2D eigenvalue weighted by Crippen LogP contribution is 2.31. The Bertz CT molecular complexity index is 1450. The summed E-state index contributed by atoms with van der Waals surface area (Å²) in [5.41, 5.74) is 5.93. The van der Waals surface area contributed by atoms with E-state index in [1.807, 2.05) is 68.0 Å². The van der Waals surface area contributed by atoms with Crippen molar-refractivity contribution in [2.45, 2.75) is 19.0 Å². The van der Waals surface area contributed by atoms with Crippen LogP contribution in [0.2, 0.25) is 0 Å². The summed E-state index contributed by atoms with van der Waals surface area (Å²) < 4.78 is 1.75.